The van der Waals surface area contributed by atoms with Gasteiger partial charge in [-0.1, -0.05) is 40.2 Å². The van der Waals surface area contributed by atoms with Gasteiger partial charge in [0.15, 0.2) is 0 Å². The highest BCUT2D eigenvalue weighted by molar-refractivity contribution is 9.09. The number of benzene rings is 1. The third-order valence-electron chi connectivity index (χ3n) is 2.91. The first kappa shape index (κ1) is 17.8. The molecule has 0 aliphatic carbocycles. The number of aryl methyl sites for hydroxylation is 1. The molecule has 1 aromatic carbocycles. The van der Waals surface area contributed by atoms with E-state index in [4.69, 9.17) is 13.3 Å². The Bertz CT molecular complexity index is 353. The molecule has 20 heavy (non-hydrogen) atoms. The Morgan fingerprint density at radius 2 is 1.40 bits per heavy atom. The van der Waals surface area contributed by atoms with Crippen molar-refractivity contribution < 1.29 is 13.3 Å². The second kappa shape index (κ2) is 9.68. The smallest absolute Gasteiger partial charge is 0.370 e. The average molecular weight is 361 g/mol. The van der Waals surface area contributed by atoms with Crippen LogP contribution in [0.1, 0.15) is 32.8 Å². The number of rotatable bonds is 10. The Hall–Kier alpha value is -0.203. The molecular weight excluding hydrogens is 336 g/mol. The van der Waals surface area contributed by atoms with Crippen LogP contribution < -0.4 is 5.19 Å². The molecule has 0 fully saturated rings. The fourth-order valence-electron chi connectivity index (χ4n) is 2.09. The maximum absolute atomic E-state index is 5.90. The van der Waals surface area contributed by atoms with Crippen LogP contribution in [0, 0.1) is 0 Å². The lowest BCUT2D eigenvalue weighted by atomic mass is 10.1. The second-order valence-electron chi connectivity index (χ2n) is 4.34. The zero-order valence-electron chi connectivity index (χ0n) is 12.7. The van der Waals surface area contributed by atoms with Crippen molar-refractivity contribution in [1.82, 2.24) is 0 Å². The lowest BCUT2D eigenvalue weighted by molar-refractivity contribution is 0.0859. The molecule has 5 heteroatoms. The van der Waals surface area contributed by atoms with Crippen LogP contribution >= 0.6 is 15.9 Å². The third-order valence-corrected chi connectivity index (χ3v) is 6.52. The van der Waals surface area contributed by atoms with E-state index in [1.165, 1.54) is 5.56 Å². The first-order chi connectivity index (χ1) is 9.72. The molecule has 0 unspecified atom stereocenters. The Kier molecular flexibility index (Phi) is 8.64. The van der Waals surface area contributed by atoms with E-state index < -0.39 is 8.80 Å². The number of hydrogen-bond acceptors (Lipinski definition) is 3. The zero-order valence-corrected chi connectivity index (χ0v) is 15.2. The first-order valence-electron chi connectivity index (χ1n) is 7.29. The fraction of sp³-hybridized carbons (Fsp3) is 0.600. The van der Waals surface area contributed by atoms with Gasteiger partial charge in [0.1, 0.15) is 0 Å². The quantitative estimate of drug-likeness (QED) is 0.473. The summed E-state index contributed by atoms with van der Waals surface area (Å²) in [6.45, 7) is 7.71. The summed E-state index contributed by atoms with van der Waals surface area (Å²) < 4.78 is 17.7. The van der Waals surface area contributed by atoms with E-state index in [-0.39, 0.29) is 0 Å². The van der Waals surface area contributed by atoms with E-state index in [0.29, 0.717) is 19.8 Å². The molecule has 0 spiro atoms. The molecule has 3 nitrogen and oxygen atoms in total. The van der Waals surface area contributed by atoms with E-state index in [1.54, 1.807) is 0 Å². The van der Waals surface area contributed by atoms with E-state index in [2.05, 4.69) is 40.2 Å². The van der Waals surface area contributed by atoms with Crippen LogP contribution in [-0.4, -0.2) is 34.0 Å². The SMILES string of the molecule is CCO[Si](OCC)(OCC)c1ccc(CCCBr)cc1. The highest BCUT2D eigenvalue weighted by atomic mass is 79.9. The Morgan fingerprint density at radius 3 is 1.80 bits per heavy atom. The number of alkyl halides is 1. The highest BCUT2D eigenvalue weighted by Crippen LogP contribution is 2.12. The summed E-state index contributed by atoms with van der Waals surface area (Å²) in [5, 5.41) is 2.08. The number of halogens is 1. The van der Waals surface area contributed by atoms with Crippen molar-refractivity contribution in [2.24, 2.45) is 0 Å². The summed E-state index contributed by atoms with van der Waals surface area (Å²) in [4.78, 5) is 0. The molecule has 0 atom stereocenters. The summed E-state index contributed by atoms with van der Waals surface area (Å²) in [7, 11) is -2.74. The van der Waals surface area contributed by atoms with Crippen LogP contribution in [0.15, 0.2) is 24.3 Å². The topological polar surface area (TPSA) is 27.7 Å². The van der Waals surface area contributed by atoms with Crippen LogP contribution in [0.3, 0.4) is 0 Å². The summed E-state index contributed by atoms with van der Waals surface area (Å²) in [5.41, 5.74) is 1.33. The normalized spacial score (nSPS) is 11.8. The maximum atomic E-state index is 5.90. The summed E-state index contributed by atoms with van der Waals surface area (Å²) in [5.74, 6) is 0. The van der Waals surface area contributed by atoms with Crippen LogP contribution in [-0.2, 0) is 19.7 Å². The molecule has 0 amide bonds. The largest absolute Gasteiger partial charge is 0.537 e. The van der Waals surface area contributed by atoms with Gasteiger partial charge in [0.25, 0.3) is 0 Å². The summed E-state index contributed by atoms with van der Waals surface area (Å²) in [6, 6.07) is 8.49. The van der Waals surface area contributed by atoms with Crippen molar-refractivity contribution >= 4 is 29.9 Å². The van der Waals surface area contributed by atoms with Gasteiger partial charge in [-0.05, 0) is 39.2 Å². The van der Waals surface area contributed by atoms with Crippen LogP contribution in [0.5, 0.6) is 0 Å². The zero-order chi connectivity index (χ0) is 14.8. The molecule has 1 rings (SSSR count). The Morgan fingerprint density at radius 1 is 0.900 bits per heavy atom. The molecule has 0 aromatic heterocycles. The minimum atomic E-state index is -2.74. The van der Waals surface area contributed by atoms with Gasteiger partial charge >= 0.3 is 8.80 Å². The molecule has 0 saturated heterocycles. The standard InChI is InChI=1S/C15H25BrO3Si/c1-4-17-20(18-5-2,19-6-3)15-11-9-14(10-12-15)8-7-13-16/h9-12H,4-8,13H2,1-3H3. The Labute approximate surface area is 132 Å². The van der Waals surface area contributed by atoms with Gasteiger partial charge in [0.2, 0.25) is 0 Å². The third kappa shape index (κ3) is 4.97. The fourth-order valence-corrected chi connectivity index (χ4v) is 4.84. The molecule has 0 aliphatic rings. The van der Waals surface area contributed by atoms with E-state index in [1.807, 2.05) is 20.8 Å². The van der Waals surface area contributed by atoms with Crippen molar-refractivity contribution in [3.05, 3.63) is 29.8 Å². The molecule has 0 saturated carbocycles. The molecular formula is C15H25BrO3Si. The second-order valence-corrected chi connectivity index (χ2v) is 7.69. The first-order valence-corrected chi connectivity index (χ1v) is 10.1. The maximum Gasteiger partial charge on any atom is 0.537 e. The van der Waals surface area contributed by atoms with Gasteiger partial charge in [0, 0.05) is 30.3 Å². The molecule has 114 valence electrons. The minimum Gasteiger partial charge on any atom is -0.370 e. The minimum absolute atomic E-state index is 0.595. The van der Waals surface area contributed by atoms with E-state index in [0.717, 1.165) is 23.4 Å². The highest BCUT2D eigenvalue weighted by Gasteiger charge is 2.42. The van der Waals surface area contributed by atoms with Gasteiger partial charge < -0.3 is 13.3 Å². The Balaban J connectivity index is 2.94. The van der Waals surface area contributed by atoms with Gasteiger partial charge in [-0.25, -0.2) is 0 Å². The monoisotopic (exact) mass is 360 g/mol. The lowest BCUT2D eigenvalue weighted by Gasteiger charge is -2.28. The predicted molar refractivity (Wildman–Crippen MR) is 88.8 cm³/mol. The lowest BCUT2D eigenvalue weighted by Crippen LogP contribution is -2.56. The van der Waals surface area contributed by atoms with Gasteiger partial charge in [0.05, 0.1) is 0 Å². The molecule has 0 heterocycles. The van der Waals surface area contributed by atoms with Crippen molar-refractivity contribution in [2.75, 3.05) is 25.2 Å². The van der Waals surface area contributed by atoms with Crippen LogP contribution in [0.25, 0.3) is 0 Å². The van der Waals surface area contributed by atoms with Gasteiger partial charge in [-0.15, -0.1) is 0 Å². The summed E-state index contributed by atoms with van der Waals surface area (Å²) >= 11 is 3.46. The number of hydrogen-bond donors (Lipinski definition) is 0. The van der Waals surface area contributed by atoms with Crippen LogP contribution in [0.4, 0.5) is 0 Å². The molecule has 1 aromatic rings. The van der Waals surface area contributed by atoms with Crippen molar-refractivity contribution in [3.63, 3.8) is 0 Å². The van der Waals surface area contributed by atoms with Crippen molar-refractivity contribution in [3.8, 4) is 0 Å². The molecule has 0 radical (unpaired) electrons. The summed E-state index contributed by atoms with van der Waals surface area (Å²) in [6.07, 6.45) is 2.22. The van der Waals surface area contributed by atoms with Crippen LogP contribution in [0.2, 0.25) is 0 Å². The van der Waals surface area contributed by atoms with E-state index in [9.17, 15) is 0 Å². The average Bonchev–Trinajstić information content (AvgIpc) is 2.46. The predicted octanol–water partition coefficient (Wildman–Crippen LogP) is 3.27. The van der Waals surface area contributed by atoms with Gasteiger partial charge in [-0.3, -0.25) is 0 Å². The molecule has 0 bridgehead atoms. The van der Waals surface area contributed by atoms with Gasteiger partial charge in [-0.2, -0.15) is 0 Å². The molecule has 0 aliphatic heterocycles. The molecule has 0 N–H and O–H groups in total. The van der Waals surface area contributed by atoms with Crippen molar-refractivity contribution in [2.45, 2.75) is 33.6 Å². The van der Waals surface area contributed by atoms with E-state index >= 15 is 0 Å². The van der Waals surface area contributed by atoms with Crippen molar-refractivity contribution in [1.29, 1.82) is 0 Å².